The van der Waals surface area contributed by atoms with Crippen LogP contribution in [0.3, 0.4) is 0 Å². The average Bonchev–Trinajstić information content (AvgIpc) is 2.64. The molecule has 6 nitrogen and oxygen atoms in total. The van der Waals surface area contributed by atoms with Gasteiger partial charge in [-0.15, -0.1) is 6.58 Å². The number of aromatic nitrogens is 1. The second-order valence-electron chi connectivity index (χ2n) is 5.73. The van der Waals surface area contributed by atoms with Gasteiger partial charge < -0.3 is 24.4 Å². The normalized spacial score (nSPS) is 30.8. The van der Waals surface area contributed by atoms with Gasteiger partial charge in [-0.25, -0.2) is 4.98 Å². The van der Waals surface area contributed by atoms with E-state index in [1.165, 1.54) is 17.9 Å². The van der Waals surface area contributed by atoms with Gasteiger partial charge in [0.1, 0.15) is 11.1 Å². The van der Waals surface area contributed by atoms with Crippen molar-refractivity contribution < 1.29 is 24.4 Å². The number of methoxy groups -OCH3 is 1. The quantitative estimate of drug-likeness (QED) is 0.493. The van der Waals surface area contributed by atoms with E-state index in [1.807, 2.05) is 25.1 Å². The Balaban J connectivity index is 1.87. The molecule has 0 bridgehead atoms. The van der Waals surface area contributed by atoms with Crippen LogP contribution in [-0.4, -0.2) is 65.4 Å². The molecule has 6 unspecified atom stereocenters. The van der Waals surface area contributed by atoms with Crippen LogP contribution in [0.15, 0.2) is 42.1 Å². The van der Waals surface area contributed by atoms with E-state index in [0.29, 0.717) is 6.61 Å². The molecule has 0 spiro atoms. The van der Waals surface area contributed by atoms with Crippen LogP contribution < -0.4 is 0 Å². The number of hydrogen-bond acceptors (Lipinski definition) is 8. The van der Waals surface area contributed by atoms with Crippen molar-refractivity contribution in [3.8, 4) is 0 Å². The minimum absolute atomic E-state index is 0.00396. The Hall–Kier alpha value is -0.610. The van der Waals surface area contributed by atoms with E-state index in [9.17, 15) is 10.2 Å². The van der Waals surface area contributed by atoms with E-state index in [4.69, 9.17) is 14.2 Å². The topological polar surface area (TPSA) is 81.0 Å². The van der Waals surface area contributed by atoms with Gasteiger partial charge in [-0.05, 0) is 22.9 Å². The lowest BCUT2D eigenvalue weighted by atomic mass is 9.91. The van der Waals surface area contributed by atoms with Gasteiger partial charge >= 0.3 is 0 Å². The van der Waals surface area contributed by atoms with E-state index < -0.39 is 24.6 Å². The molecule has 1 aromatic rings. The third kappa shape index (κ3) is 5.68. The summed E-state index contributed by atoms with van der Waals surface area (Å²) in [5.41, 5.74) is 0. The minimum Gasteiger partial charge on any atom is -0.394 e. The summed E-state index contributed by atoms with van der Waals surface area (Å²) in [5, 5.41) is 20.8. The number of pyridine rings is 1. The molecule has 25 heavy (non-hydrogen) atoms. The summed E-state index contributed by atoms with van der Waals surface area (Å²) >= 11 is 0. The van der Waals surface area contributed by atoms with Gasteiger partial charge in [-0.1, -0.05) is 29.9 Å². The lowest BCUT2D eigenvalue weighted by Crippen LogP contribution is -2.56. The molecule has 0 saturated carbocycles. The van der Waals surface area contributed by atoms with Gasteiger partial charge in [-0.2, -0.15) is 0 Å². The lowest BCUT2D eigenvalue weighted by Gasteiger charge is -2.42. The minimum atomic E-state index is -0.915. The Morgan fingerprint density at radius 3 is 2.88 bits per heavy atom. The van der Waals surface area contributed by atoms with Crippen LogP contribution in [0.5, 0.6) is 0 Å². The molecule has 1 saturated heterocycles. The highest BCUT2D eigenvalue weighted by Crippen LogP contribution is 2.34. The number of aliphatic hydroxyl groups excluding tert-OH is 2. The van der Waals surface area contributed by atoms with E-state index in [0.717, 1.165) is 5.03 Å². The summed E-state index contributed by atoms with van der Waals surface area (Å²) in [7, 11) is 4.64. The smallest absolute Gasteiger partial charge is 0.186 e. The highest BCUT2D eigenvalue weighted by Gasteiger charge is 2.43. The van der Waals surface area contributed by atoms with Crippen LogP contribution in [0.1, 0.15) is 6.92 Å². The number of aliphatic hydroxyl groups is 2. The molecule has 1 aromatic heterocycles. The van der Waals surface area contributed by atoms with E-state index in [1.54, 1.807) is 23.1 Å². The van der Waals surface area contributed by atoms with Gasteiger partial charge in [0.2, 0.25) is 0 Å². The van der Waals surface area contributed by atoms with E-state index in [2.05, 4.69) is 11.6 Å². The lowest BCUT2D eigenvalue weighted by molar-refractivity contribution is -0.290. The van der Waals surface area contributed by atoms with Gasteiger partial charge in [-0.3, -0.25) is 0 Å². The van der Waals surface area contributed by atoms with Gasteiger partial charge in [0.05, 0.1) is 30.7 Å². The molecule has 0 amide bonds. The second-order valence-corrected chi connectivity index (χ2v) is 8.19. The van der Waals surface area contributed by atoms with Crippen molar-refractivity contribution in [2.45, 2.75) is 41.8 Å². The highest BCUT2D eigenvalue weighted by molar-refractivity contribution is 8.77. The largest absolute Gasteiger partial charge is 0.394 e. The molecule has 0 aliphatic carbocycles. The summed E-state index contributed by atoms with van der Waals surface area (Å²) in [5.74, 6) is -0.130. The number of hydrogen-bond donors (Lipinski definition) is 2. The predicted octanol–water partition coefficient (Wildman–Crippen LogP) is 2.12. The van der Waals surface area contributed by atoms with Gasteiger partial charge in [0.15, 0.2) is 6.29 Å². The molecule has 1 aliphatic rings. The Morgan fingerprint density at radius 1 is 1.48 bits per heavy atom. The predicted molar refractivity (Wildman–Crippen MR) is 99.3 cm³/mol. The zero-order valence-corrected chi connectivity index (χ0v) is 16.0. The molecule has 2 heterocycles. The van der Waals surface area contributed by atoms with Crippen molar-refractivity contribution in [1.82, 2.24) is 4.98 Å². The number of ether oxygens (including phenoxy) is 3. The van der Waals surface area contributed by atoms with Crippen molar-refractivity contribution in [2.24, 2.45) is 5.92 Å². The fourth-order valence-electron chi connectivity index (χ4n) is 2.59. The second kappa shape index (κ2) is 10.5. The number of nitrogens with zero attached hydrogens (tertiary/aromatic N) is 1. The molecule has 140 valence electrons. The fourth-order valence-corrected chi connectivity index (χ4v) is 4.63. The summed E-state index contributed by atoms with van der Waals surface area (Å²) in [6.07, 6.45) is 0.887. The van der Waals surface area contributed by atoms with Crippen molar-refractivity contribution in [1.29, 1.82) is 0 Å². The van der Waals surface area contributed by atoms with Crippen molar-refractivity contribution in [3.05, 3.63) is 37.1 Å². The first-order chi connectivity index (χ1) is 12.1. The van der Waals surface area contributed by atoms with Crippen molar-refractivity contribution in [2.75, 3.05) is 20.3 Å². The Bertz CT molecular complexity index is 521. The molecular formula is C17H25NO5S2. The van der Waals surface area contributed by atoms with Crippen molar-refractivity contribution >= 4 is 21.6 Å². The van der Waals surface area contributed by atoms with Crippen LogP contribution in [0.4, 0.5) is 0 Å². The third-order valence-corrected chi connectivity index (χ3v) is 6.69. The first kappa shape index (κ1) is 20.7. The summed E-state index contributed by atoms with van der Waals surface area (Å²) in [4.78, 5) is 4.26. The summed E-state index contributed by atoms with van der Waals surface area (Å²) in [6.45, 7) is 5.87. The Kier molecular flexibility index (Phi) is 8.71. The summed E-state index contributed by atoms with van der Waals surface area (Å²) < 4.78 is 16.8. The average molecular weight is 388 g/mol. The highest BCUT2D eigenvalue weighted by atomic mass is 33.1. The van der Waals surface area contributed by atoms with E-state index in [-0.39, 0.29) is 17.8 Å². The Morgan fingerprint density at radius 2 is 2.28 bits per heavy atom. The molecule has 0 aromatic carbocycles. The molecule has 2 rings (SSSR count). The SMILES string of the molecule is C=CC(COC1OC(CO)C(C)C(OC)C1O)SSc1ccccn1. The van der Waals surface area contributed by atoms with Gasteiger partial charge in [0.25, 0.3) is 0 Å². The van der Waals surface area contributed by atoms with Crippen LogP contribution in [0.25, 0.3) is 0 Å². The number of rotatable bonds is 9. The fraction of sp³-hybridized carbons (Fsp3) is 0.588. The zero-order valence-electron chi connectivity index (χ0n) is 14.4. The zero-order chi connectivity index (χ0) is 18.2. The molecule has 6 atom stereocenters. The van der Waals surface area contributed by atoms with Crippen LogP contribution in [0.2, 0.25) is 0 Å². The van der Waals surface area contributed by atoms with Crippen molar-refractivity contribution in [3.63, 3.8) is 0 Å². The molecule has 1 fully saturated rings. The summed E-state index contributed by atoms with van der Waals surface area (Å²) in [6, 6.07) is 5.74. The van der Waals surface area contributed by atoms with Crippen LogP contribution in [-0.2, 0) is 14.2 Å². The van der Waals surface area contributed by atoms with Gasteiger partial charge in [0, 0.05) is 19.2 Å². The first-order valence-electron chi connectivity index (χ1n) is 8.06. The van der Waals surface area contributed by atoms with E-state index >= 15 is 0 Å². The molecule has 0 radical (unpaired) electrons. The molecule has 8 heteroatoms. The maximum atomic E-state index is 10.4. The molecule has 2 N–H and O–H groups in total. The third-order valence-electron chi connectivity index (χ3n) is 4.06. The monoisotopic (exact) mass is 387 g/mol. The standard InChI is InChI=1S/C17H25NO5S2/c1-4-12(24-25-14-7-5-6-8-18-14)10-22-17-15(20)16(21-3)11(2)13(9-19)23-17/h4-8,11-13,15-17,19-20H,1,9-10H2,2-3H3. The molecular weight excluding hydrogens is 362 g/mol. The maximum absolute atomic E-state index is 10.4. The van der Waals surface area contributed by atoms with Crippen LogP contribution in [0, 0.1) is 5.92 Å². The Labute approximate surface area is 156 Å². The first-order valence-corrected chi connectivity index (χ1v) is 10.3. The molecule has 1 aliphatic heterocycles. The maximum Gasteiger partial charge on any atom is 0.186 e. The van der Waals surface area contributed by atoms with Crippen LogP contribution >= 0.6 is 21.6 Å².